The topological polar surface area (TPSA) is 105 Å². The molecule has 0 saturated carbocycles. The van der Waals surface area contributed by atoms with Gasteiger partial charge in [0.25, 0.3) is 0 Å². The summed E-state index contributed by atoms with van der Waals surface area (Å²) in [6.45, 7) is 0.112. The Bertz CT molecular complexity index is 846. The van der Waals surface area contributed by atoms with Gasteiger partial charge in [0.15, 0.2) is 23.4 Å². The molecule has 25 heavy (non-hydrogen) atoms. The summed E-state index contributed by atoms with van der Waals surface area (Å²) in [6.07, 6.45) is -0.968. The van der Waals surface area contributed by atoms with Crippen molar-refractivity contribution in [3.63, 3.8) is 0 Å². The van der Waals surface area contributed by atoms with E-state index in [9.17, 15) is 20.1 Å². The third kappa shape index (κ3) is 2.72. The lowest BCUT2D eigenvalue weighted by Gasteiger charge is -2.29. The van der Waals surface area contributed by atoms with Gasteiger partial charge in [0.2, 0.25) is 0 Å². The molecule has 0 unspecified atom stereocenters. The molecule has 7 heteroatoms. The van der Waals surface area contributed by atoms with Crippen LogP contribution in [0.4, 0.5) is 0 Å². The van der Waals surface area contributed by atoms with Crippen LogP contribution in [0.25, 0.3) is 0 Å². The van der Waals surface area contributed by atoms with E-state index >= 15 is 0 Å². The van der Waals surface area contributed by atoms with E-state index in [1.54, 1.807) is 18.2 Å². The molecule has 0 aliphatic carbocycles. The Morgan fingerprint density at radius 2 is 1.88 bits per heavy atom. The number of phenols is 2. The van der Waals surface area contributed by atoms with Crippen LogP contribution < -0.4 is 14.2 Å². The molecule has 130 valence electrons. The molecular weight excluding hydrogens is 328 g/mol. The number of carbonyl (C=O) groups excluding carboxylic acids is 1. The first-order valence-electron chi connectivity index (χ1n) is 7.85. The average molecular weight is 344 g/mol. The first-order chi connectivity index (χ1) is 12.0. The van der Waals surface area contributed by atoms with Crippen LogP contribution in [0, 0.1) is 0 Å². The number of aliphatic hydroxyl groups excluding tert-OH is 1. The van der Waals surface area contributed by atoms with Gasteiger partial charge in [0.05, 0.1) is 13.0 Å². The summed E-state index contributed by atoms with van der Waals surface area (Å²) in [7, 11) is 0. The number of phenolic OH excluding ortho intramolecular Hbond substituents is 2. The maximum Gasteiger partial charge on any atom is 0.174 e. The number of ketones is 1. The molecule has 0 spiro atoms. The molecule has 0 bridgehead atoms. The molecule has 7 nitrogen and oxygen atoms in total. The third-order valence-corrected chi connectivity index (χ3v) is 4.25. The molecule has 0 saturated heterocycles. The highest BCUT2D eigenvalue weighted by molar-refractivity contribution is 6.02. The maximum atomic E-state index is 12.4. The minimum atomic E-state index is -0.579. The number of rotatable bonds is 2. The molecule has 2 atom stereocenters. The molecule has 0 radical (unpaired) electrons. The smallest absolute Gasteiger partial charge is 0.174 e. The third-order valence-electron chi connectivity index (χ3n) is 4.25. The van der Waals surface area contributed by atoms with Crippen molar-refractivity contribution < 1.29 is 34.3 Å². The van der Waals surface area contributed by atoms with E-state index in [1.165, 1.54) is 6.07 Å². The maximum absolute atomic E-state index is 12.4. The second kappa shape index (κ2) is 5.86. The van der Waals surface area contributed by atoms with Gasteiger partial charge >= 0.3 is 0 Å². The van der Waals surface area contributed by atoms with E-state index in [2.05, 4.69) is 0 Å². The van der Waals surface area contributed by atoms with E-state index in [4.69, 9.17) is 14.2 Å². The van der Waals surface area contributed by atoms with Crippen molar-refractivity contribution in [1.29, 1.82) is 0 Å². The molecule has 2 aromatic rings. The van der Waals surface area contributed by atoms with Crippen molar-refractivity contribution in [2.75, 3.05) is 13.2 Å². The lowest BCUT2D eigenvalue weighted by Crippen LogP contribution is -2.32. The number of benzene rings is 2. The minimum absolute atomic E-state index is 0.0500. The van der Waals surface area contributed by atoms with Crippen molar-refractivity contribution in [2.24, 2.45) is 0 Å². The predicted molar refractivity (Wildman–Crippen MR) is 85.5 cm³/mol. The van der Waals surface area contributed by atoms with E-state index in [0.29, 0.717) is 17.1 Å². The number of ether oxygens (including phenoxy) is 3. The minimum Gasteiger partial charge on any atom is -0.508 e. The number of hydrogen-bond donors (Lipinski definition) is 3. The van der Waals surface area contributed by atoms with E-state index < -0.39 is 12.2 Å². The van der Waals surface area contributed by atoms with Gasteiger partial charge in [-0.3, -0.25) is 4.79 Å². The second-order valence-corrected chi connectivity index (χ2v) is 6.01. The normalized spacial score (nSPS) is 21.4. The number of Topliss-reactive ketones (excluding diaryl/α,β-unsaturated/α-hetero) is 1. The summed E-state index contributed by atoms with van der Waals surface area (Å²) in [5.74, 6) is 0.424. The first-order valence-corrected chi connectivity index (χ1v) is 7.85. The molecule has 2 aliphatic rings. The Balaban J connectivity index is 1.66. The fourth-order valence-electron chi connectivity index (χ4n) is 3.03. The van der Waals surface area contributed by atoms with Crippen molar-refractivity contribution in [3.05, 3.63) is 41.5 Å². The van der Waals surface area contributed by atoms with Gasteiger partial charge in [-0.1, -0.05) is 6.07 Å². The number of aliphatic hydroxyl groups is 1. The number of carbonyl (C=O) groups is 1. The zero-order chi connectivity index (χ0) is 17.6. The largest absolute Gasteiger partial charge is 0.508 e. The van der Waals surface area contributed by atoms with Gasteiger partial charge in [-0.2, -0.15) is 0 Å². The molecule has 2 aromatic carbocycles. The van der Waals surface area contributed by atoms with Gasteiger partial charge in [-0.25, -0.2) is 0 Å². The van der Waals surface area contributed by atoms with Crippen LogP contribution >= 0.6 is 0 Å². The fraction of sp³-hybridized carbons (Fsp3) is 0.278. The molecule has 0 amide bonds. The Labute approximate surface area is 143 Å². The summed E-state index contributed by atoms with van der Waals surface area (Å²) in [5.41, 5.74) is 0.773. The highest BCUT2D eigenvalue weighted by Gasteiger charge is 2.32. The summed E-state index contributed by atoms with van der Waals surface area (Å²) < 4.78 is 17.0. The number of fused-ring (bicyclic) bond motifs is 2. The zero-order valence-corrected chi connectivity index (χ0v) is 13.1. The fourth-order valence-corrected chi connectivity index (χ4v) is 3.03. The van der Waals surface area contributed by atoms with Crippen molar-refractivity contribution in [3.8, 4) is 28.7 Å². The van der Waals surface area contributed by atoms with Crippen LogP contribution in [-0.4, -0.2) is 40.4 Å². The Hall–Kier alpha value is -2.93. The van der Waals surface area contributed by atoms with Gasteiger partial charge in [-0.15, -0.1) is 0 Å². The van der Waals surface area contributed by atoms with Crippen molar-refractivity contribution in [2.45, 2.75) is 18.6 Å². The molecule has 0 fully saturated rings. The molecule has 2 aliphatic heterocycles. The van der Waals surface area contributed by atoms with E-state index in [1.807, 2.05) is 0 Å². The summed E-state index contributed by atoms with van der Waals surface area (Å²) in [5, 5.41) is 28.7. The standard InChI is InChI=1S/C18H16O7/c19-7-11-8-23-14-2-1-9(3-16(14)24-11)15-6-13(22)18-12(21)4-10(20)5-17(18)25-15/h1-5,11,15,19-21H,6-8H2/t11-,15+/m0/s1. The van der Waals surface area contributed by atoms with Gasteiger partial charge in [0.1, 0.15) is 35.5 Å². The predicted octanol–water partition coefficient (Wildman–Crippen LogP) is 1.94. The SMILES string of the molecule is O=C1C[C@H](c2ccc3c(c2)O[C@@H](CO)CO3)Oc2cc(O)cc(O)c21. The van der Waals surface area contributed by atoms with Crippen LogP contribution in [0.5, 0.6) is 28.7 Å². The zero-order valence-electron chi connectivity index (χ0n) is 13.1. The highest BCUT2D eigenvalue weighted by Crippen LogP contribution is 2.43. The summed E-state index contributed by atoms with van der Waals surface area (Å²) >= 11 is 0. The lowest BCUT2D eigenvalue weighted by molar-refractivity contribution is 0.0452. The van der Waals surface area contributed by atoms with Gasteiger partial charge in [-0.05, 0) is 17.7 Å². The van der Waals surface area contributed by atoms with E-state index in [0.717, 1.165) is 6.07 Å². The number of hydrogen-bond acceptors (Lipinski definition) is 7. The molecule has 4 rings (SSSR count). The molecule has 0 aromatic heterocycles. The van der Waals surface area contributed by atoms with Crippen LogP contribution in [0.3, 0.4) is 0 Å². The molecule has 2 heterocycles. The molecular formula is C18H16O7. The summed E-state index contributed by atoms with van der Waals surface area (Å²) in [6, 6.07) is 7.62. The highest BCUT2D eigenvalue weighted by atomic mass is 16.6. The Morgan fingerprint density at radius 3 is 2.68 bits per heavy atom. The summed E-state index contributed by atoms with van der Waals surface area (Å²) in [4.78, 5) is 12.4. The van der Waals surface area contributed by atoms with Crippen molar-refractivity contribution >= 4 is 5.78 Å². The van der Waals surface area contributed by atoms with Crippen LogP contribution in [0.2, 0.25) is 0 Å². The van der Waals surface area contributed by atoms with Gasteiger partial charge in [0, 0.05) is 12.1 Å². The lowest BCUT2D eigenvalue weighted by atomic mass is 9.95. The van der Waals surface area contributed by atoms with Crippen LogP contribution in [-0.2, 0) is 0 Å². The molecule has 3 N–H and O–H groups in total. The van der Waals surface area contributed by atoms with Gasteiger partial charge < -0.3 is 29.5 Å². The Kier molecular flexibility index (Phi) is 3.65. The van der Waals surface area contributed by atoms with E-state index in [-0.39, 0.29) is 48.2 Å². The van der Waals surface area contributed by atoms with Crippen molar-refractivity contribution in [1.82, 2.24) is 0 Å². The second-order valence-electron chi connectivity index (χ2n) is 6.01. The van der Waals surface area contributed by atoms with Crippen LogP contribution in [0.1, 0.15) is 28.4 Å². The first kappa shape index (κ1) is 15.6. The number of aromatic hydroxyl groups is 2. The quantitative estimate of drug-likeness (QED) is 0.764. The Morgan fingerprint density at radius 1 is 1.04 bits per heavy atom. The van der Waals surface area contributed by atoms with Crippen LogP contribution in [0.15, 0.2) is 30.3 Å². The monoisotopic (exact) mass is 344 g/mol. The average Bonchev–Trinajstić information content (AvgIpc) is 2.59.